The largest absolute Gasteiger partial charge is 0.508 e. The molecular weight excluding hydrogens is 403 g/mol. The Morgan fingerprint density at radius 3 is 2.44 bits per heavy atom. The summed E-state index contributed by atoms with van der Waals surface area (Å²) in [4.78, 5) is 0. The Morgan fingerprint density at radius 2 is 1.66 bits per heavy atom. The first-order valence-electron chi connectivity index (χ1n) is 12.2. The predicted octanol–water partition coefficient (Wildman–Crippen LogP) is 5.16. The molecule has 0 saturated carbocycles. The molecule has 0 unspecified atom stereocenters. The molecule has 4 rings (SSSR count). The van der Waals surface area contributed by atoms with E-state index in [2.05, 4.69) is 6.92 Å². The molecule has 2 aromatic carbocycles. The maximum Gasteiger partial charge on any atom is 0.494 e. The molecule has 2 aliphatic heterocycles. The van der Waals surface area contributed by atoms with Gasteiger partial charge in [0, 0.05) is 0 Å². The second kappa shape index (κ2) is 11.7. The molecular formula is C26H35BO5. The van der Waals surface area contributed by atoms with E-state index in [0.717, 1.165) is 42.6 Å². The van der Waals surface area contributed by atoms with Crippen molar-refractivity contribution in [3.63, 3.8) is 0 Å². The van der Waals surface area contributed by atoms with Gasteiger partial charge < -0.3 is 23.9 Å². The quantitative estimate of drug-likeness (QED) is 0.410. The van der Waals surface area contributed by atoms with Gasteiger partial charge in [0.05, 0.1) is 25.4 Å². The lowest BCUT2D eigenvalue weighted by atomic mass is 9.76. The Kier molecular flexibility index (Phi) is 8.49. The Balaban J connectivity index is 1.21. The van der Waals surface area contributed by atoms with Gasteiger partial charge in [0.25, 0.3) is 0 Å². The summed E-state index contributed by atoms with van der Waals surface area (Å²) in [5, 5.41) is 9.50. The summed E-state index contributed by atoms with van der Waals surface area (Å²) in [6.07, 6.45) is 9.39. The number of ether oxygens (including phenoxy) is 2. The summed E-state index contributed by atoms with van der Waals surface area (Å²) in [6.45, 7) is 3.53. The van der Waals surface area contributed by atoms with Crippen molar-refractivity contribution in [1.29, 1.82) is 0 Å². The number of hydrogen-bond donors (Lipinski definition) is 1. The van der Waals surface area contributed by atoms with Crippen molar-refractivity contribution in [3.05, 3.63) is 54.1 Å². The number of unbranched alkanes of at least 4 members (excludes halogenated alkanes) is 5. The average Bonchev–Trinajstić information content (AvgIpc) is 2.84. The molecule has 2 aliphatic rings. The molecule has 2 aromatic rings. The zero-order chi connectivity index (χ0) is 22.2. The molecule has 2 heterocycles. The molecule has 6 heteroatoms. The van der Waals surface area contributed by atoms with Crippen LogP contribution in [0.4, 0.5) is 0 Å². The van der Waals surface area contributed by atoms with E-state index in [-0.39, 0.29) is 31.2 Å². The van der Waals surface area contributed by atoms with Gasteiger partial charge in [-0.25, -0.2) is 0 Å². The van der Waals surface area contributed by atoms with Crippen LogP contribution in [0.5, 0.6) is 11.5 Å². The fraction of sp³-hybridized carbons (Fsp3) is 0.538. The summed E-state index contributed by atoms with van der Waals surface area (Å²) in [6, 6.07) is 15.3. The van der Waals surface area contributed by atoms with Gasteiger partial charge in [-0.05, 0) is 54.6 Å². The molecule has 0 radical (unpaired) electrons. The first-order chi connectivity index (χ1) is 15.7. The van der Waals surface area contributed by atoms with Crippen molar-refractivity contribution in [2.75, 3.05) is 13.2 Å². The SMILES string of the molecule is CCCCCCCCOc1ccc(B2OC[C@H]3O[C@@H](c4ccc(O)cc4)CC[C@@H]3O2)cc1. The van der Waals surface area contributed by atoms with Gasteiger partial charge in [0.1, 0.15) is 17.6 Å². The zero-order valence-electron chi connectivity index (χ0n) is 19.1. The standard InChI is InChI=1S/C26H35BO5/c1-2-3-4-5-6-7-18-29-23-14-10-21(11-15-23)27-30-19-26-25(32-27)17-16-24(31-26)20-8-12-22(28)13-9-20/h8-15,24-26,28H,2-7,16-19H2,1H3/t24-,25+,26-/m1/s1. The van der Waals surface area contributed by atoms with E-state index in [0.29, 0.717) is 6.61 Å². The van der Waals surface area contributed by atoms with E-state index < -0.39 is 0 Å². The minimum atomic E-state index is -0.363. The van der Waals surface area contributed by atoms with E-state index >= 15 is 0 Å². The van der Waals surface area contributed by atoms with Crippen molar-refractivity contribution in [1.82, 2.24) is 0 Å². The third kappa shape index (κ3) is 6.28. The van der Waals surface area contributed by atoms with Gasteiger partial charge in [0.15, 0.2) is 0 Å². The van der Waals surface area contributed by atoms with Gasteiger partial charge in [-0.2, -0.15) is 0 Å². The van der Waals surface area contributed by atoms with Crippen LogP contribution < -0.4 is 10.2 Å². The van der Waals surface area contributed by atoms with Crippen molar-refractivity contribution >= 4 is 12.6 Å². The van der Waals surface area contributed by atoms with Crippen LogP contribution >= 0.6 is 0 Å². The second-order valence-electron chi connectivity index (χ2n) is 8.86. The topological polar surface area (TPSA) is 57.2 Å². The third-order valence-corrected chi connectivity index (χ3v) is 6.36. The molecule has 0 aliphatic carbocycles. The highest BCUT2D eigenvalue weighted by atomic mass is 16.6. The molecule has 5 nitrogen and oxygen atoms in total. The molecule has 3 atom stereocenters. The normalized spacial score (nSPS) is 23.0. The highest BCUT2D eigenvalue weighted by molar-refractivity contribution is 6.61. The number of rotatable bonds is 10. The molecule has 0 spiro atoms. The Morgan fingerprint density at radius 1 is 0.906 bits per heavy atom. The summed E-state index contributed by atoms with van der Waals surface area (Å²) in [5.74, 6) is 1.17. The minimum absolute atomic E-state index is 0.0173. The molecule has 172 valence electrons. The molecule has 0 aromatic heterocycles. The number of phenols is 1. The molecule has 0 bridgehead atoms. The number of benzene rings is 2. The molecule has 0 amide bonds. The number of phenolic OH excluding ortho intramolecular Hbond substituents is 1. The minimum Gasteiger partial charge on any atom is -0.508 e. The van der Waals surface area contributed by atoms with E-state index in [1.54, 1.807) is 12.1 Å². The predicted molar refractivity (Wildman–Crippen MR) is 126 cm³/mol. The third-order valence-electron chi connectivity index (χ3n) is 6.36. The Hall–Kier alpha value is -2.02. The number of fused-ring (bicyclic) bond motifs is 1. The van der Waals surface area contributed by atoms with Gasteiger partial charge in [-0.15, -0.1) is 0 Å². The van der Waals surface area contributed by atoms with E-state index in [9.17, 15) is 5.11 Å². The lowest BCUT2D eigenvalue weighted by molar-refractivity contribution is -0.150. The van der Waals surface area contributed by atoms with Crippen LogP contribution in [0.2, 0.25) is 0 Å². The highest BCUT2D eigenvalue weighted by Gasteiger charge is 2.41. The van der Waals surface area contributed by atoms with Crippen LogP contribution in [0, 0.1) is 0 Å². The van der Waals surface area contributed by atoms with E-state index in [1.165, 1.54) is 32.1 Å². The maximum atomic E-state index is 9.50. The summed E-state index contributed by atoms with van der Waals surface area (Å²) in [5.41, 5.74) is 2.09. The summed E-state index contributed by atoms with van der Waals surface area (Å²) >= 11 is 0. The van der Waals surface area contributed by atoms with Crippen LogP contribution in [0.25, 0.3) is 0 Å². The van der Waals surface area contributed by atoms with Gasteiger partial charge in [-0.1, -0.05) is 63.3 Å². The fourth-order valence-electron chi connectivity index (χ4n) is 4.45. The van der Waals surface area contributed by atoms with Crippen molar-refractivity contribution in [2.24, 2.45) is 0 Å². The maximum absolute atomic E-state index is 9.50. The van der Waals surface area contributed by atoms with Gasteiger partial charge in [0.2, 0.25) is 0 Å². The van der Waals surface area contributed by atoms with Crippen LogP contribution in [-0.4, -0.2) is 37.6 Å². The van der Waals surface area contributed by atoms with Crippen molar-refractivity contribution in [3.8, 4) is 11.5 Å². The molecule has 2 fully saturated rings. The Labute approximate surface area is 192 Å². The lowest BCUT2D eigenvalue weighted by Gasteiger charge is -2.41. The molecule has 2 saturated heterocycles. The van der Waals surface area contributed by atoms with Gasteiger partial charge >= 0.3 is 7.12 Å². The lowest BCUT2D eigenvalue weighted by Crippen LogP contribution is -2.54. The van der Waals surface area contributed by atoms with Crippen LogP contribution in [0.3, 0.4) is 0 Å². The summed E-state index contributed by atoms with van der Waals surface area (Å²) < 4.78 is 24.4. The molecule has 32 heavy (non-hydrogen) atoms. The Bertz CT molecular complexity index is 810. The second-order valence-corrected chi connectivity index (χ2v) is 8.86. The van der Waals surface area contributed by atoms with Crippen LogP contribution in [0.1, 0.15) is 70.0 Å². The fourth-order valence-corrected chi connectivity index (χ4v) is 4.45. The number of hydrogen-bond acceptors (Lipinski definition) is 5. The van der Waals surface area contributed by atoms with Gasteiger partial charge in [-0.3, -0.25) is 0 Å². The van der Waals surface area contributed by atoms with Crippen molar-refractivity contribution < 1.29 is 23.9 Å². The smallest absolute Gasteiger partial charge is 0.494 e. The van der Waals surface area contributed by atoms with E-state index in [1.807, 2.05) is 36.4 Å². The van der Waals surface area contributed by atoms with E-state index in [4.69, 9.17) is 18.8 Å². The van der Waals surface area contributed by atoms with Crippen LogP contribution in [-0.2, 0) is 14.0 Å². The zero-order valence-corrected chi connectivity index (χ0v) is 19.1. The number of aromatic hydroxyl groups is 1. The summed E-state index contributed by atoms with van der Waals surface area (Å²) in [7, 11) is -0.363. The monoisotopic (exact) mass is 438 g/mol. The average molecular weight is 438 g/mol. The van der Waals surface area contributed by atoms with Crippen molar-refractivity contribution in [2.45, 2.75) is 76.6 Å². The first kappa shape index (κ1) is 23.2. The molecule has 1 N–H and O–H groups in total. The highest BCUT2D eigenvalue weighted by Crippen LogP contribution is 2.35. The first-order valence-corrected chi connectivity index (χ1v) is 12.2. The van der Waals surface area contributed by atoms with Crippen LogP contribution in [0.15, 0.2) is 48.5 Å².